The molecule has 1 heterocycles. The summed E-state index contributed by atoms with van der Waals surface area (Å²) in [6, 6.07) is 17.9. The molecule has 0 amide bonds. The first-order valence-electron chi connectivity index (χ1n) is 7.01. The molecule has 0 aliphatic heterocycles. The number of hydrogen-bond acceptors (Lipinski definition) is 4. The van der Waals surface area contributed by atoms with E-state index in [1.807, 2.05) is 42.1 Å². The van der Waals surface area contributed by atoms with E-state index in [0.717, 1.165) is 23.5 Å². The van der Waals surface area contributed by atoms with E-state index in [-0.39, 0.29) is 0 Å². The van der Waals surface area contributed by atoms with Gasteiger partial charge in [0.05, 0.1) is 0 Å². The summed E-state index contributed by atoms with van der Waals surface area (Å²) in [6.45, 7) is 0. The summed E-state index contributed by atoms with van der Waals surface area (Å²) in [6.07, 6.45) is 0.776. The van der Waals surface area contributed by atoms with Crippen LogP contribution in [-0.2, 0) is 12.2 Å². The first-order chi connectivity index (χ1) is 10.8. The summed E-state index contributed by atoms with van der Waals surface area (Å²) in [4.78, 5) is 4.42. The molecule has 0 atom stereocenters. The highest BCUT2D eigenvalue weighted by atomic mass is 35.5. The summed E-state index contributed by atoms with van der Waals surface area (Å²) in [5, 5.41) is 4.71. The number of benzene rings is 2. The fourth-order valence-corrected chi connectivity index (χ4v) is 3.01. The van der Waals surface area contributed by atoms with Crippen molar-refractivity contribution in [3.05, 3.63) is 71.1 Å². The molecule has 0 radical (unpaired) electrons. The molecule has 0 spiro atoms. The van der Waals surface area contributed by atoms with Crippen LogP contribution >= 0.6 is 23.4 Å². The normalized spacial score (nSPS) is 10.8. The summed E-state index contributed by atoms with van der Waals surface area (Å²) >= 11 is 7.74. The number of nitrogens with zero attached hydrogens (tertiary/aromatic N) is 2. The Kier molecular flexibility index (Phi) is 5.14. The monoisotopic (exact) mass is 330 g/mol. The van der Waals surface area contributed by atoms with E-state index in [9.17, 15) is 0 Å². The lowest BCUT2D eigenvalue weighted by Crippen LogP contribution is -1.90. The van der Waals surface area contributed by atoms with Gasteiger partial charge in [-0.15, -0.1) is 0 Å². The van der Waals surface area contributed by atoms with Gasteiger partial charge >= 0.3 is 0 Å². The molecule has 0 aliphatic rings. The summed E-state index contributed by atoms with van der Waals surface area (Å²) in [7, 11) is 0. The van der Waals surface area contributed by atoms with Crippen LogP contribution < -0.4 is 0 Å². The smallest absolute Gasteiger partial charge is 0.227 e. The highest BCUT2D eigenvalue weighted by Gasteiger charge is 2.08. The van der Waals surface area contributed by atoms with Crippen LogP contribution in [0.25, 0.3) is 11.4 Å². The van der Waals surface area contributed by atoms with Gasteiger partial charge in [-0.25, -0.2) is 0 Å². The number of aryl methyl sites for hydroxylation is 1. The van der Waals surface area contributed by atoms with Crippen LogP contribution in [0.1, 0.15) is 11.5 Å². The minimum absolute atomic E-state index is 0.611. The van der Waals surface area contributed by atoms with Crippen molar-refractivity contribution in [2.45, 2.75) is 12.2 Å². The maximum Gasteiger partial charge on any atom is 0.227 e. The van der Waals surface area contributed by atoms with Gasteiger partial charge in [-0.3, -0.25) is 0 Å². The number of hydrogen-bond donors (Lipinski definition) is 0. The highest BCUT2D eigenvalue weighted by Crippen LogP contribution is 2.19. The molecule has 0 fully saturated rings. The van der Waals surface area contributed by atoms with Gasteiger partial charge in [0.2, 0.25) is 11.7 Å². The maximum atomic E-state index is 5.87. The maximum absolute atomic E-state index is 5.87. The molecule has 0 unspecified atom stereocenters. The first-order valence-corrected chi connectivity index (χ1v) is 8.55. The van der Waals surface area contributed by atoms with Gasteiger partial charge in [0.25, 0.3) is 0 Å². The number of aromatic nitrogens is 2. The van der Waals surface area contributed by atoms with Crippen molar-refractivity contribution < 1.29 is 4.52 Å². The van der Waals surface area contributed by atoms with Gasteiger partial charge in [-0.2, -0.15) is 16.7 Å². The number of halogens is 1. The molecule has 0 aliphatic carbocycles. The fraction of sp³-hybridized carbons (Fsp3) is 0.176. The minimum atomic E-state index is 0.611. The second kappa shape index (κ2) is 7.47. The van der Waals surface area contributed by atoms with E-state index in [0.29, 0.717) is 16.7 Å². The fourth-order valence-electron chi connectivity index (χ4n) is 2.00. The Labute approximate surface area is 138 Å². The third-order valence-electron chi connectivity index (χ3n) is 3.14. The van der Waals surface area contributed by atoms with Crippen molar-refractivity contribution in [2.75, 3.05) is 5.75 Å². The molecule has 0 bridgehead atoms. The van der Waals surface area contributed by atoms with Gasteiger partial charge in [0.1, 0.15) is 0 Å². The lowest BCUT2D eigenvalue weighted by atomic mass is 10.2. The predicted molar refractivity (Wildman–Crippen MR) is 91.1 cm³/mol. The van der Waals surface area contributed by atoms with Crippen molar-refractivity contribution in [3.8, 4) is 11.4 Å². The SMILES string of the molecule is Clc1ccc(-c2noc(CCSCc3ccccc3)n2)cc1. The Morgan fingerprint density at radius 2 is 1.77 bits per heavy atom. The largest absolute Gasteiger partial charge is 0.339 e. The Balaban J connectivity index is 1.50. The van der Waals surface area contributed by atoms with Gasteiger partial charge < -0.3 is 4.52 Å². The molecular weight excluding hydrogens is 316 g/mol. The van der Waals surface area contributed by atoms with Crippen molar-refractivity contribution in [3.63, 3.8) is 0 Å². The Morgan fingerprint density at radius 1 is 1.00 bits per heavy atom. The standard InChI is InChI=1S/C17H15ClN2OS/c18-15-8-6-14(7-9-15)17-19-16(21-20-17)10-11-22-12-13-4-2-1-3-5-13/h1-9H,10-12H2. The van der Waals surface area contributed by atoms with E-state index < -0.39 is 0 Å². The van der Waals surface area contributed by atoms with Crippen molar-refractivity contribution in [2.24, 2.45) is 0 Å². The second-order valence-corrected chi connectivity index (χ2v) is 6.35. The molecule has 0 saturated carbocycles. The quantitative estimate of drug-likeness (QED) is 0.605. The van der Waals surface area contributed by atoms with Crippen molar-refractivity contribution >= 4 is 23.4 Å². The van der Waals surface area contributed by atoms with E-state index in [2.05, 4.69) is 34.4 Å². The third-order valence-corrected chi connectivity index (χ3v) is 4.42. The highest BCUT2D eigenvalue weighted by molar-refractivity contribution is 7.98. The van der Waals surface area contributed by atoms with Crippen molar-refractivity contribution in [1.29, 1.82) is 0 Å². The lowest BCUT2D eigenvalue weighted by Gasteiger charge is -1.99. The molecular formula is C17H15ClN2OS. The molecule has 3 nitrogen and oxygen atoms in total. The van der Waals surface area contributed by atoms with Crippen LogP contribution in [0.5, 0.6) is 0 Å². The van der Waals surface area contributed by atoms with Crippen LogP contribution in [0.4, 0.5) is 0 Å². The van der Waals surface area contributed by atoms with Crippen LogP contribution in [0.15, 0.2) is 59.1 Å². The zero-order valence-electron chi connectivity index (χ0n) is 11.9. The van der Waals surface area contributed by atoms with Crippen molar-refractivity contribution in [1.82, 2.24) is 10.1 Å². The van der Waals surface area contributed by atoms with E-state index in [1.54, 1.807) is 0 Å². The number of rotatable bonds is 6. The Morgan fingerprint density at radius 3 is 2.55 bits per heavy atom. The Bertz CT molecular complexity index is 713. The van der Waals surface area contributed by atoms with Crippen LogP contribution in [0.2, 0.25) is 5.02 Å². The van der Waals surface area contributed by atoms with Crippen LogP contribution in [0.3, 0.4) is 0 Å². The number of thioether (sulfide) groups is 1. The zero-order valence-corrected chi connectivity index (χ0v) is 13.5. The first kappa shape index (κ1) is 15.1. The van der Waals surface area contributed by atoms with Gasteiger partial charge in [0, 0.05) is 28.5 Å². The lowest BCUT2D eigenvalue weighted by molar-refractivity contribution is 0.383. The van der Waals surface area contributed by atoms with Crippen LogP contribution in [-0.4, -0.2) is 15.9 Å². The van der Waals surface area contributed by atoms with Crippen LogP contribution in [0, 0.1) is 0 Å². The van der Waals surface area contributed by atoms with Gasteiger partial charge in [-0.1, -0.05) is 47.1 Å². The summed E-state index contributed by atoms with van der Waals surface area (Å²) in [5.74, 6) is 3.24. The molecule has 1 aromatic heterocycles. The zero-order chi connectivity index (χ0) is 15.2. The van der Waals surface area contributed by atoms with E-state index in [4.69, 9.17) is 16.1 Å². The molecule has 0 N–H and O–H groups in total. The molecule has 0 saturated heterocycles. The summed E-state index contributed by atoms with van der Waals surface area (Å²) < 4.78 is 5.29. The topological polar surface area (TPSA) is 38.9 Å². The molecule has 3 aromatic rings. The third kappa shape index (κ3) is 4.12. The van der Waals surface area contributed by atoms with Gasteiger partial charge in [0.15, 0.2) is 0 Å². The van der Waals surface area contributed by atoms with E-state index in [1.165, 1.54) is 5.56 Å². The second-order valence-electron chi connectivity index (χ2n) is 4.81. The van der Waals surface area contributed by atoms with E-state index >= 15 is 0 Å². The molecule has 112 valence electrons. The average molecular weight is 331 g/mol. The molecule has 2 aromatic carbocycles. The molecule has 5 heteroatoms. The van der Waals surface area contributed by atoms with Gasteiger partial charge in [-0.05, 0) is 29.8 Å². The molecule has 22 heavy (non-hydrogen) atoms. The predicted octanol–water partition coefficient (Wildman–Crippen LogP) is 4.87. The minimum Gasteiger partial charge on any atom is -0.339 e. The molecule has 3 rings (SSSR count). The summed E-state index contributed by atoms with van der Waals surface area (Å²) in [5.41, 5.74) is 2.25. The Hall–Kier alpha value is -1.78. The average Bonchev–Trinajstić information content (AvgIpc) is 3.02.